The third-order valence-electron chi connectivity index (χ3n) is 10.4. The minimum atomic E-state index is 1.22. The van der Waals surface area contributed by atoms with Gasteiger partial charge in [-0.15, -0.1) is 0 Å². The quantitative estimate of drug-likeness (QED) is 0.169. The Labute approximate surface area is 291 Å². The summed E-state index contributed by atoms with van der Waals surface area (Å²) in [6, 6.07) is 71.3. The molecule has 0 spiro atoms. The van der Waals surface area contributed by atoms with E-state index in [-0.39, 0.29) is 0 Å². The summed E-state index contributed by atoms with van der Waals surface area (Å²) in [4.78, 5) is 0. The molecule has 50 heavy (non-hydrogen) atoms. The molecule has 0 aliphatic carbocycles. The minimum absolute atomic E-state index is 1.22. The van der Waals surface area contributed by atoms with Gasteiger partial charge >= 0.3 is 0 Å². The number of rotatable bonds is 4. The van der Waals surface area contributed by atoms with Gasteiger partial charge in [-0.05, 0) is 111 Å². The maximum atomic E-state index is 2.32. The van der Waals surface area contributed by atoms with Gasteiger partial charge in [0.05, 0.1) is 0 Å². The molecule has 0 unspecified atom stereocenters. The molecule has 0 amide bonds. The second kappa shape index (κ2) is 11.6. The van der Waals surface area contributed by atoms with Crippen LogP contribution in [0.4, 0.5) is 0 Å². The highest BCUT2D eigenvalue weighted by Crippen LogP contribution is 2.45. The lowest BCUT2D eigenvalue weighted by Gasteiger charge is -2.19. The van der Waals surface area contributed by atoms with Crippen molar-refractivity contribution in [2.75, 3.05) is 0 Å². The fourth-order valence-electron chi connectivity index (χ4n) is 8.07. The Bertz CT molecular complexity index is 2840. The van der Waals surface area contributed by atoms with Gasteiger partial charge in [-0.25, -0.2) is 0 Å². The van der Waals surface area contributed by atoms with Crippen LogP contribution in [0.5, 0.6) is 0 Å². The van der Waals surface area contributed by atoms with Gasteiger partial charge < -0.3 is 0 Å². The number of benzene rings is 10. The SMILES string of the molecule is c1ccc2c(-c3ccc4cc(-c5ccc(-c6c7ccccc7c(-c7cccc8ccccc78)c7ccccc67)cc5)ccc4c3)cccc2c1. The van der Waals surface area contributed by atoms with E-state index in [0.29, 0.717) is 0 Å². The van der Waals surface area contributed by atoms with E-state index in [4.69, 9.17) is 0 Å². The van der Waals surface area contributed by atoms with Crippen molar-refractivity contribution in [2.24, 2.45) is 0 Å². The first-order chi connectivity index (χ1) is 24.8. The zero-order chi connectivity index (χ0) is 33.0. The van der Waals surface area contributed by atoms with Crippen molar-refractivity contribution in [1.29, 1.82) is 0 Å². The van der Waals surface area contributed by atoms with Crippen molar-refractivity contribution in [3.63, 3.8) is 0 Å². The molecular formula is C50H32. The second-order valence-corrected chi connectivity index (χ2v) is 13.2. The third kappa shape index (κ3) is 4.61. The van der Waals surface area contributed by atoms with Gasteiger partial charge in [0.15, 0.2) is 0 Å². The molecule has 0 fully saturated rings. The fraction of sp³-hybridized carbons (Fsp3) is 0. The zero-order valence-electron chi connectivity index (χ0n) is 27.5. The summed E-state index contributed by atoms with van der Waals surface area (Å²) < 4.78 is 0. The van der Waals surface area contributed by atoms with Crippen LogP contribution in [0, 0.1) is 0 Å². The first kappa shape index (κ1) is 28.5. The molecule has 232 valence electrons. The Hall–Kier alpha value is -6.50. The second-order valence-electron chi connectivity index (χ2n) is 13.2. The van der Waals surface area contributed by atoms with Crippen LogP contribution in [-0.2, 0) is 0 Å². The fourth-order valence-corrected chi connectivity index (χ4v) is 8.07. The Morgan fingerprint density at radius 3 is 1.20 bits per heavy atom. The summed E-state index contributed by atoms with van der Waals surface area (Å²) in [6.45, 7) is 0. The van der Waals surface area contributed by atoms with Crippen LogP contribution >= 0.6 is 0 Å². The lowest BCUT2D eigenvalue weighted by molar-refractivity contribution is 1.62. The van der Waals surface area contributed by atoms with E-state index in [1.165, 1.54) is 98.4 Å². The predicted molar refractivity (Wildman–Crippen MR) is 216 cm³/mol. The third-order valence-corrected chi connectivity index (χ3v) is 10.4. The van der Waals surface area contributed by atoms with Crippen molar-refractivity contribution >= 4 is 53.9 Å². The number of hydrogen-bond acceptors (Lipinski definition) is 0. The van der Waals surface area contributed by atoms with E-state index >= 15 is 0 Å². The van der Waals surface area contributed by atoms with Gasteiger partial charge in [0, 0.05) is 0 Å². The first-order valence-electron chi connectivity index (χ1n) is 17.3. The maximum absolute atomic E-state index is 2.32. The Kier molecular flexibility index (Phi) is 6.60. The molecule has 0 heterocycles. The zero-order valence-corrected chi connectivity index (χ0v) is 27.5. The maximum Gasteiger partial charge on any atom is -0.00201 e. The van der Waals surface area contributed by atoms with Crippen molar-refractivity contribution in [3.05, 3.63) is 194 Å². The summed E-state index contributed by atoms with van der Waals surface area (Å²) in [5.41, 5.74) is 10.0. The number of fused-ring (bicyclic) bond motifs is 5. The number of hydrogen-bond donors (Lipinski definition) is 0. The molecule has 0 saturated heterocycles. The highest BCUT2D eigenvalue weighted by atomic mass is 14.2. The van der Waals surface area contributed by atoms with Crippen LogP contribution in [0.1, 0.15) is 0 Å². The van der Waals surface area contributed by atoms with Gasteiger partial charge in [0.2, 0.25) is 0 Å². The van der Waals surface area contributed by atoms with Crippen molar-refractivity contribution in [2.45, 2.75) is 0 Å². The van der Waals surface area contributed by atoms with Crippen LogP contribution in [0.2, 0.25) is 0 Å². The van der Waals surface area contributed by atoms with Gasteiger partial charge in [-0.3, -0.25) is 0 Å². The molecule has 0 atom stereocenters. The highest BCUT2D eigenvalue weighted by molar-refractivity contribution is 6.23. The first-order valence-corrected chi connectivity index (χ1v) is 17.3. The van der Waals surface area contributed by atoms with Crippen LogP contribution in [0.3, 0.4) is 0 Å². The summed E-state index contributed by atoms with van der Waals surface area (Å²) in [5.74, 6) is 0. The summed E-state index contributed by atoms with van der Waals surface area (Å²) in [6.07, 6.45) is 0. The molecule has 10 aromatic carbocycles. The molecule has 0 N–H and O–H groups in total. The lowest BCUT2D eigenvalue weighted by atomic mass is 9.84. The molecule has 0 saturated carbocycles. The average Bonchev–Trinajstić information content (AvgIpc) is 3.19. The van der Waals surface area contributed by atoms with Crippen molar-refractivity contribution in [1.82, 2.24) is 0 Å². The molecular weight excluding hydrogens is 601 g/mol. The van der Waals surface area contributed by atoms with Gasteiger partial charge in [-0.2, -0.15) is 0 Å². The Morgan fingerprint density at radius 2 is 0.600 bits per heavy atom. The largest absolute Gasteiger partial charge is 0.0616 e. The van der Waals surface area contributed by atoms with E-state index in [1.807, 2.05) is 0 Å². The predicted octanol–water partition coefficient (Wildman–Crippen LogP) is 14.1. The van der Waals surface area contributed by atoms with Crippen molar-refractivity contribution in [3.8, 4) is 44.5 Å². The normalized spacial score (nSPS) is 11.6. The van der Waals surface area contributed by atoms with Gasteiger partial charge in [0.25, 0.3) is 0 Å². The standard InChI is InChI=1S/C50H32/c1-3-15-41-34(11-1)13-9-21-43(41)40-30-29-38-31-37(27-28-39(38)32-40)33-23-25-36(26-24-33)49-45-17-5-7-19-47(45)50(48-20-8-6-18-46(48)49)44-22-10-14-35-12-2-4-16-42(35)44/h1-32H. The van der Waals surface area contributed by atoms with Crippen LogP contribution < -0.4 is 0 Å². The molecule has 10 aromatic rings. The molecule has 0 aromatic heterocycles. The topological polar surface area (TPSA) is 0 Å². The summed E-state index contributed by atoms with van der Waals surface area (Å²) in [7, 11) is 0. The molecule has 10 rings (SSSR count). The minimum Gasteiger partial charge on any atom is -0.0616 e. The monoisotopic (exact) mass is 632 g/mol. The molecule has 0 radical (unpaired) electrons. The van der Waals surface area contributed by atoms with Crippen LogP contribution in [0.25, 0.3) is 98.4 Å². The lowest BCUT2D eigenvalue weighted by Crippen LogP contribution is -1.91. The van der Waals surface area contributed by atoms with E-state index in [1.54, 1.807) is 0 Å². The smallest absolute Gasteiger partial charge is 0.00201 e. The van der Waals surface area contributed by atoms with Crippen LogP contribution in [0.15, 0.2) is 194 Å². The van der Waals surface area contributed by atoms with E-state index in [2.05, 4.69) is 194 Å². The average molecular weight is 633 g/mol. The van der Waals surface area contributed by atoms with E-state index in [9.17, 15) is 0 Å². The summed E-state index contributed by atoms with van der Waals surface area (Å²) in [5, 5.41) is 12.7. The van der Waals surface area contributed by atoms with E-state index < -0.39 is 0 Å². The Balaban J connectivity index is 1.07. The highest BCUT2D eigenvalue weighted by Gasteiger charge is 2.18. The molecule has 0 aliphatic heterocycles. The van der Waals surface area contributed by atoms with Gasteiger partial charge in [-0.1, -0.05) is 182 Å². The molecule has 0 aliphatic rings. The van der Waals surface area contributed by atoms with Crippen LogP contribution in [-0.4, -0.2) is 0 Å². The van der Waals surface area contributed by atoms with E-state index in [0.717, 1.165) is 0 Å². The summed E-state index contributed by atoms with van der Waals surface area (Å²) >= 11 is 0. The Morgan fingerprint density at radius 1 is 0.200 bits per heavy atom. The molecule has 0 bridgehead atoms. The molecule has 0 heteroatoms. The van der Waals surface area contributed by atoms with Gasteiger partial charge in [0.1, 0.15) is 0 Å². The molecule has 0 nitrogen and oxygen atoms in total. The van der Waals surface area contributed by atoms with Crippen molar-refractivity contribution < 1.29 is 0 Å².